The number of thioether (sulfide) groups is 1. The molecule has 0 aliphatic carbocycles. The normalized spacial score (nSPS) is 17.1. The van der Waals surface area contributed by atoms with Gasteiger partial charge in [-0.05, 0) is 57.9 Å². The average Bonchev–Trinajstić information content (AvgIpc) is 3.05. The number of carbonyl (C=O) groups is 3. The molecule has 1 aliphatic rings. The third-order valence-electron chi connectivity index (χ3n) is 4.95. The summed E-state index contributed by atoms with van der Waals surface area (Å²) in [6.07, 6.45) is 2.51. The second kappa shape index (κ2) is 10.2. The van der Waals surface area contributed by atoms with Crippen molar-refractivity contribution in [2.24, 2.45) is 5.41 Å². The van der Waals surface area contributed by atoms with E-state index in [4.69, 9.17) is 9.47 Å². The van der Waals surface area contributed by atoms with Gasteiger partial charge in [-0.25, -0.2) is 0 Å². The van der Waals surface area contributed by atoms with Gasteiger partial charge in [-0.1, -0.05) is 30.0 Å². The van der Waals surface area contributed by atoms with Gasteiger partial charge >= 0.3 is 5.97 Å². The van der Waals surface area contributed by atoms with Crippen molar-refractivity contribution in [1.82, 2.24) is 10.3 Å². The summed E-state index contributed by atoms with van der Waals surface area (Å²) < 4.78 is 11.3. The molecule has 2 unspecified atom stereocenters. The zero-order valence-corrected chi connectivity index (χ0v) is 19.5. The predicted molar refractivity (Wildman–Crippen MR) is 122 cm³/mol. The first-order chi connectivity index (χ1) is 15.1. The third-order valence-corrected chi connectivity index (χ3v) is 5.93. The van der Waals surface area contributed by atoms with Crippen LogP contribution in [0.15, 0.2) is 42.6 Å². The quantitative estimate of drug-likeness (QED) is 0.594. The summed E-state index contributed by atoms with van der Waals surface area (Å²) >= 11 is 1.03. The van der Waals surface area contributed by atoms with Crippen LogP contribution in [0.1, 0.15) is 50.6 Å². The van der Waals surface area contributed by atoms with E-state index in [2.05, 4.69) is 10.3 Å². The van der Waals surface area contributed by atoms with Gasteiger partial charge in [0.2, 0.25) is 5.91 Å². The number of esters is 1. The maximum absolute atomic E-state index is 12.0. The molecule has 2 aromatic rings. The molecular formula is C24H28N2O5S. The highest BCUT2D eigenvalue weighted by Gasteiger charge is 2.31. The van der Waals surface area contributed by atoms with Crippen LogP contribution >= 0.6 is 11.8 Å². The van der Waals surface area contributed by atoms with Gasteiger partial charge in [-0.15, -0.1) is 0 Å². The first-order valence-corrected chi connectivity index (χ1v) is 11.4. The number of amides is 2. The van der Waals surface area contributed by atoms with Gasteiger partial charge in [0, 0.05) is 23.9 Å². The lowest BCUT2D eigenvalue weighted by Crippen LogP contribution is -2.25. The monoisotopic (exact) mass is 456 g/mol. The zero-order valence-electron chi connectivity index (χ0n) is 18.7. The molecule has 1 aromatic heterocycles. The first kappa shape index (κ1) is 23.8. The Bertz CT molecular complexity index is 967. The lowest BCUT2D eigenvalue weighted by molar-refractivity contribution is -0.158. The summed E-state index contributed by atoms with van der Waals surface area (Å²) in [6, 6.07) is 11.3. The summed E-state index contributed by atoms with van der Waals surface area (Å²) in [5.41, 5.74) is 2.16. The number of hydrogen-bond acceptors (Lipinski definition) is 7. The molecule has 0 saturated carbocycles. The van der Waals surface area contributed by atoms with Crippen molar-refractivity contribution in [3.05, 3.63) is 59.4 Å². The number of nitrogens with one attached hydrogen (secondary N) is 1. The number of imide groups is 1. The van der Waals surface area contributed by atoms with Crippen LogP contribution in [0.2, 0.25) is 0 Å². The van der Waals surface area contributed by atoms with Gasteiger partial charge in [-0.2, -0.15) is 0 Å². The molecule has 7 nitrogen and oxygen atoms in total. The van der Waals surface area contributed by atoms with E-state index in [1.165, 1.54) is 0 Å². The Kier molecular flexibility index (Phi) is 7.56. The van der Waals surface area contributed by atoms with Gasteiger partial charge in [0.1, 0.15) is 11.9 Å². The Balaban J connectivity index is 1.44. The second-order valence-corrected chi connectivity index (χ2v) is 9.89. The summed E-state index contributed by atoms with van der Waals surface area (Å²) in [5.74, 6) is 0.250. The largest absolute Gasteiger partial charge is 0.493 e. The van der Waals surface area contributed by atoms with Crippen molar-refractivity contribution in [2.75, 3.05) is 6.61 Å². The topological polar surface area (TPSA) is 94.6 Å². The van der Waals surface area contributed by atoms with Crippen LogP contribution in [-0.2, 0) is 27.2 Å². The summed E-state index contributed by atoms with van der Waals surface area (Å²) in [5, 5.41) is 1.64. The summed E-state index contributed by atoms with van der Waals surface area (Å²) in [6.45, 7) is 7.78. The van der Waals surface area contributed by atoms with E-state index in [1.54, 1.807) is 6.20 Å². The Hall–Kier alpha value is -2.87. The van der Waals surface area contributed by atoms with Gasteiger partial charge in [0.05, 0.1) is 17.3 Å². The molecule has 0 radical (unpaired) electrons. The van der Waals surface area contributed by atoms with Gasteiger partial charge < -0.3 is 9.47 Å². The maximum atomic E-state index is 12.0. The molecule has 2 heterocycles. The molecule has 0 bridgehead atoms. The average molecular weight is 457 g/mol. The SMILES string of the molecule is CC(OC(=O)C(C)(C)C)c1ccc(CCOc2ccc(CC3SC(=O)NC3=O)cc2)nc1. The first-order valence-electron chi connectivity index (χ1n) is 10.5. The number of aromatic nitrogens is 1. The molecule has 170 valence electrons. The van der Waals surface area contributed by atoms with Crippen LogP contribution in [0, 0.1) is 5.41 Å². The number of rotatable bonds is 8. The van der Waals surface area contributed by atoms with Crippen LogP contribution < -0.4 is 10.1 Å². The summed E-state index contributed by atoms with van der Waals surface area (Å²) in [7, 11) is 0. The highest BCUT2D eigenvalue weighted by molar-refractivity contribution is 8.15. The van der Waals surface area contributed by atoms with E-state index in [-0.39, 0.29) is 28.5 Å². The van der Waals surface area contributed by atoms with E-state index in [0.29, 0.717) is 19.4 Å². The zero-order chi connectivity index (χ0) is 23.3. The number of pyridine rings is 1. The van der Waals surface area contributed by atoms with E-state index in [9.17, 15) is 14.4 Å². The van der Waals surface area contributed by atoms with E-state index in [0.717, 1.165) is 34.3 Å². The fourth-order valence-electron chi connectivity index (χ4n) is 2.97. The lowest BCUT2D eigenvalue weighted by Gasteiger charge is -2.21. The number of carbonyl (C=O) groups excluding carboxylic acids is 3. The molecule has 1 aromatic carbocycles. The highest BCUT2D eigenvalue weighted by atomic mass is 32.2. The van der Waals surface area contributed by atoms with E-state index >= 15 is 0 Å². The molecule has 2 atom stereocenters. The van der Waals surface area contributed by atoms with Crippen LogP contribution in [-0.4, -0.2) is 34.0 Å². The smallest absolute Gasteiger partial charge is 0.311 e. The highest BCUT2D eigenvalue weighted by Crippen LogP contribution is 2.24. The Morgan fingerprint density at radius 3 is 2.44 bits per heavy atom. The van der Waals surface area contributed by atoms with Crippen molar-refractivity contribution in [2.45, 2.75) is 51.9 Å². The van der Waals surface area contributed by atoms with Crippen LogP contribution in [0.4, 0.5) is 4.79 Å². The Labute approximate surface area is 192 Å². The van der Waals surface area contributed by atoms with Crippen LogP contribution in [0.25, 0.3) is 0 Å². The van der Waals surface area contributed by atoms with E-state index < -0.39 is 5.41 Å². The van der Waals surface area contributed by atoms with Crippen molar-refractivity contribution in [3.63, 3.8) is 0 Å². The number of nitrogens with zero attached hydrogens (tertiary/aromatic N) is 1. The molecule has 32 heavy (non-hydrogen) atoms. The maximum Gasteiger partial charge on any atom is 0.311 e. The number of hydrogen-bond donors (Lipinski definition) is 1. The fourth-order valence-corrected chi connectivity index (χ4v) is 3.83. The molecule has 8 heteroatoms. The van der Waals surface area contributed by atoms with Crippen molar-refractivity contribution in [1.29, 1.82) is 0 Å². The molecule has 0 spiro atoms. The minimum absolute atomic E-state index is 0.236. The standard InChI is InChI=1S/C24H28N2O5S/c1-15(31-22(28)24(2,3)4)17-7-8-18(25-14-17)11-12-30-19-9-5-16(6-10-19)13-20-21(27)26-23(29)32-20/h5-10,14-15,20H,11-13H2,1-4H3,(H,26,27,29). The van der Waals surface area contributed by atoms with Gasteiger partial charge in [-0.3, -0.25) is 24.7 Å². The second-order valence-electron chi connectivity index (χ2n) is 8.71. The third kappa shape index (κ3) is 6.56. The minimum atomic E-state index is -0.541. The molecule has 3 rings (SSSR count). The van der Waals surface area contributed by atoms with Crippen molar-refractivity contribution >= 4 is 28.9 Å². The lowest BCUT2D eigenvalue weighted by atomic mass is 9.97. The van der Waals surface area contributed by atoms with Gasteiger partial charge in [0.25, 0.3) is 5.24 Å². The Morgan fingerprint density at radius 1 is 1.16 bits per heavy atom. The van der Waals surface area contributed by atoms with Crippen LogP contribution in [0.5, 0.6) is 5.75 Å². The number of benzene rings is 1. The van der Waals surface area contributed by atoms with E-state index in [1.807, 2.05) is 64.1 Å². The Morgan fingerprint density at radius 2 is 1.88 bits per heavy atom. The molecular weight excluding hydrogens is 428 g/mol. The predicted octanol–water partition coefficient (Wildman–Crippen LogP) is 4.25. The molecule has 2 amide bonds. The number of ether oxygens (including phenoxy) is 2. The van der Waals surface area contributed by atoms with Crippen LogP contribution in [0.3, 0.4) is 0 Å². The molecule has 1 fully saturated rings. The molecule has 1 N–H and O–H groups in total. The molecule has 1 saturated heterocycles. The van der Waals surface area contributed by atoms with Crippen molar-refractivity contribution in [3.8, 4) is 5.75 Å². The van der Waals surface area contributed by atoms with Gasteiger partial charge in [0.15, 0.2) is 0 Å². The minimum Gasteiger partial charge on any atom is -0.493 e. The summed E-state index contributed by atoms with van der Waals surface area (Å²) in [4.78, 5) is 39.4. The fraction of sp³-hybridized carbons (Fsp3) is 0.417. The molecule has 1 aliphatic heterocycles. The van der Waals surface area contributed by atoms with Crippen molar-refractivity contribution < 1.29 is 23.9 Å².